The third-order valence-electron chi connectivity index (χ3n) is 6.90. The van der Waals surface area contributed by atoms with E-state index in [0.29, 0.717) is 0 Å². The van der Waals surface area contributed by atoms with Crippen molar-refractivity contribution in [3.63, 3.8) is 0 Å². The van der Waals surface area contributed by atoms with Gasteiger partial charge in [-0.15, -0.1) is 0 Å². The number of methoxy groups -OCH3 is 1. The van der Waals surface area contributed by atoms with E-state index in [2.05, 4.69) is 13.8 Å². The summed E-state index contributed by atoms with van der Waals surface area (Å²) in [5.74, 6) is 2.75. The molecule has 0 amide bonds. The summed E-state index contributed by atoms with van der Waals surface area (Å²) in [6.07, 6.45) is 17.1. The highest BCUT2D eigenvalue weighted by Crippen LogP contribution is 2.45. The van der Waals surface area contributed by atoms with Crippen molar-refractivity contribution in [2.45, 2.75) is 109 Å². The van der Waals surface area contributed by atoms with Gasteiger partial charge in [-0.1, -0.05) is 52.4 Å². The van der Waals surface area contributed by atoms with Crippen molar-refractivity contribution < 1.29 is 14.3 Å². The minimum Gasteiger partial charge on any atom is -0.438 e. The van der Waals surface area contributed by atoms with Gasteiger partial charge in [-0.05, 0) is 69.1 Å². The fourth-order valence-corrected chi connectivity index (χ4v) is 5.31. The van der Waals surface area contributed by atoms with Crippen molar-refractivity contribution in [3.05, 3.63) is 0 Å². The number of hydrogen-bond donors (Lipinski definition) is 0. The van der Waals surface area contributed by atoms with Gasteiger partial charge in [0.25, 0.3) is 0 Å². The minimum absolute atomic E-state index is 0.252. The summed E-state index contributed by atoms with van der Waals surface area (Å²) in [5, 5.41) is 0. The number of unbranched alkanes of at least 4 members (excludes halogenated alkanes) is 2. The summed E-state index contributed by atoms with van der Waals surface area (Å²) in [6.45, 7) is 4.53. The molecule has 146 valence electrons. The lowest BCUT2D eigenvalue weighted by atomic mass is 9.67. The molecule has 0 heterocycles. The average molecular weight is 353 g/mol. The van der Waals surface area contributed by atoms with Gasteiger partial charge in [-0.3, -0.25) is 0 Å². The molecule has 0 radical (unpaired) electrons. The Morgan fingerprint density at radius 2 is 1.56 bits per heavy atom. The van der Waals surface area contributed by atoms with E-state index in [1.54, 1.807) is 0 Å². The lowest BCUT2D eigenvalue weighted by molar-refractivity contribution is -0.0677. The molecule has 0 unspecified atom stereocenters. The molecule has 3 nitrogen and oxygen atoms in total. The Hall–Kier alpha value is -0.730. The van der Waals surface area contributed by atoms with Gasteiger partial charge in [0.15, 0.2) is 0 Å². The Balaban J connectivity index is 1.84. The van der Waals surface area contributed by atoms with Crippen LogP contribution in [0.25, 0.3) is 0 Å². The van der Waals surface area contributed by atoms with Gasteiger partial charge >= 0.3 is 6.16 Å². The Bertz CT molecular complexity index is 377. The third kappa shape index (κ3) is 6.18. The molecule has 2 aliphatic carbocycles. The highest BCUT2D eigenvalue weighted by molar-refractivity contribution is 5.60. The molecule has 0 bridgehead atoms. The maximum atomic E-state index is 11.8. The van der Waals surface area contributed by atoms with Crippen molar-refractivity contribution in [2.75, 3.05) is 7.11 Å². The van der Waals surface area contributed by atoms with Crippen LogP contribution >= 0.6 is 0 Å². The molecule has 0 N–H and O–H groups in total. The normalized spacial score (nSPS) is 33.0. The standard InChI is InChI=1S/C22H40O3/c1-4-6-7-15-22(25-21(23)24-3)16-13-20(14-17-22)19-11-9-18(8-5-2)10-12-19/h18-20H,4-17H2,1-3H3. The van der Waals surface area contributed by atoms with E-state index in [9.17, 15) is 4.79 Å². The Morgan fingerprint density at radius 1 is 0.920 bits per heavy atom. The molecule has 0 aromatic rings. The molecule has 25 heavy (non-hydrogen) atoms. The fraction of sp³-hybridized carbons (Fsp3) is 0.955. The minimum atomic E-state index is -0.491. The first-order valence-electron chi connectivity index (χ1n) is 10.9. The summed E-state index contributed by atoms with van der Waals surface area (Å²) in [6, 6.07) is 0. The van der Waals surface area contributed by atoms with E-state index in [0.717, 1.165) is 43.4 Å². The van der Waals surface area contributed by atoms with Crippen LogP contribution < -0.4 is 0 Å². The first kappa shape index (κ1) is 20.6. The topological polar surface area (TPSA) is 35.5 Å². The quantitative estimate of drug-likeness (QED) is 0.352. The molecule has 0 saturated heterocycles. The second-order valence-electron chi connectivity index (χ2n) is 8.60. The van der Waals surface area contributed by atoms with Crippen LogP contribution in [0.4, 0.5) is 4.79 Å². The van der Waals surface area contributed by atoms with E-state index in [1.165, 1.54) is 71.3 Å². The van der Waals surface area contributed by atoms with Crippen LogP contribution in [0.2, 0.25) is 0 Å². The molecule has 2 fully saturated rings. The molecule has 2 aliphatic rings. The maximum Gasteiger partial charge on any atom is 0.508 e. The van der Waals surface area contributed by atoms with Gasteiger partial charge < -0.3 is 9.47 Å². The van der Waals surface area contributed by atoms with Crippen molar-refractivity contribution in [2.24, 2.45) is 17.8 Å². The SMILES string of the molecule is CCCCCC1(OC(=O)OC)CCC(C2CCC(CCC)CC2)CC1. The summed E-state index contributed by atoms with van der Waals surface area (Å²) in [4.78, 5) is 11.8. The Kier molecular flexibility index (Phi) is 8.58. The summed E-state index contributed by atoms with van der Waals surface area (Å²) < 4.78 is 10.6. The number of hydrogen-bond acceptors (Lipinski definition) is 3. The zero-order chi connectivity index (χ0) is 18.1. The first-order chi connectivity index (χ1) is 12.1. The van der Waals surface area contributed by atoms with Crippen LogP contribution in [0.5, 0.6) is 0 Å². The van der Waals surface area contributed by atoms with E-state index in [-0.39, 0.29) is 5.60 Å². The molecule has 0 atom stereocenters. The smallest absolute Gasteiger partial charge is 0.438 e. The van der Waals surface area contributed by atoms with Crippen molar-refractivity contribution in [1.29, 1.82) is 0 Å². The molecule has 2 saturated carbocycles. The fourth-order valence-electron chi connectivity index (χ4n) is 5.31. The average Bonchev–Trinajstić information content (AvgIpc) is 2.63. The Morgan fingerprint density at radius 3 is 2.12 bits per heavy atom. The number of rotatable bonds is 8. The number of carbonyl (C=O) groups is 1. The van der Waals surface area contributed by atoms with Gasteiger partial charge in [0.1, 0.15) is 5.60 Å². The molecule has 0 aliphatic heterocycles. The van der Waals surface area contributed by atoms with E-state index in [1.807, 2.05) is 0 Å². The van der Waals surface area contributed by atoms with Crippen LogP contribution in [-0.4, -0.2) is 18.9 Å². The second-order valence-corrected chi connectivity index (χ2v) is 8.60. The predicted octanol–water partition coefficient (Wildman–Crippen LogP) is 6.89. The zero-order valence-electron chi connectivity index (χ0n) is 16.9. The van der Waals surface area contributed by atoms with Gasteiger partial charge in [0, 0.05) is 0 Å². The van der Waals surface area contributed by atoms with Gasteiger partial charge in [-0.25, -0.2) is 4.79 Å². The van der Waals surface area contributed by atoms with Crippen LogP contribution in [0.3, 0.4) is 0 Å². The molecule has 0 spiro atoms. The number of carbonyl (C=O) groups excluding carboxylic acids is 1. The molecule has 0 aromatic carbocycles. The summed E-state index contributed by atoms with van der Waals surface area (Å²) in [7, 11) is 1.42. The largest absolute Gasteiger partial charge is 0.508 e. The lowest BCUT2D eigenvalue weighted by Gasteiger charge is -2.43. The van der Waals surface area contributed by atoms with Crippen LogP contribution in [0, 0.1) is 17.8 Å². The van der Waals surface area contributed by atoms with Gasteiger partial charge in [0.05, 0.1) is 7.11 Å². The second kappa shape index (κ2) is 10.4. The molecule has 2 rings (SSSR count). The first-order valence-corrected chi connectivity index (χ1v) is 10.9. The van der Waals surface area contributed by atoms with Crippen molar-refractivity contribution in [3.8, 4) is 0 Å². The third-order valence-corrected chi connectivity index (χ3v) is 6.90. The zero-order valence-corrected chi connectivity index (χ0v) is 16.9. The monoisotopic (exact) mass is 352 g/mol. The van der Waals surface area contributed by atoms with E-state index in [4.69, 9.17) is 9.47 Å². The molecular formula is C22H40O3. The summed E-state index contributed by atoms with van der Waals surface area (Å²) in [5.41, 5.74) is -0.252. The van der Waals surface area contributed by atoms with E-state index >= 15 is 0 Å². The number of ether oxygens (including phenoxy) is 2. The van der Waals surface area contributed by atoms with E-state index < -0.39 is 6.16 Å². The van der Waals surface area contributed by atoms with Crippen LogP contribution in [-0.2, 0) is 9.47 Å². The highest BCUT2D eigenvalue weighted by Gasteiger charge is 2.41. The van der Waals surface area contributed by atoms with Gasteiger partial charge in [0.2, 0.25) is 0 Å². The van der Waals surface area contributed by atoms with Crippen molar-refractivity contribution >= 4 is 6.16 Å². The van der Waals surface area contributed by atoms with Crippen LogP contribution in [0.1, 0.15) is 104 Å². The Labute approximate surface area is 155 Å². The molecule has 3 heteroatoms. The molecule has 0 aromatic heterocycles. The van der Waals surface area contributed by atoms with Crippen LogP contribution in [0.15, 0.2) is 0 Å². The predicted molar refractivity (Wildman–Crippen MR) is 103 cm³/mol. The maximum absolute atomic E-state index is 11.8. The molecular weight excluding hydrogens is 312 g/mol. The summed E-state index contributed by atoms with van der Waals surface area (Å²) >= 11 is 0. The highest BCUT2D eigenvalue weighted by atomic mass is 16.7. The van der Waals surface area contributed by atoms with Gasteiger partial charge in [-0.2, -0.15) is 0 Å². The van der Waals surface area contributed by atoms with Crippen molar-refractivity contribution in [1.82, 2.24) is 0 Å². The lowest BCUT2D eigenvalue weighted by Crippen LogP contribution is -2.40.